The Hall–Kier alpha value is -0.940. The number of benzene rings is 1. The summed E-state index contributed by atoms with van der Waals surface area (Å²) in [6, 6.07) is 6.26. The lowest BCUT2D eigenvalue weighted by molar-refractivity contribution is -0.142. The van der Waals surface area contributed by atoms with Gasteiger partial charge in [-0.1, -0.05) is 22.0 Å². The molecule has 3 nitrogen and oxygen atoms in total. The molecule has 0 unspecified atom stereocenters. The van der Waals surface area contributed by atoms with Gasteiger partial charge in [-0.15, -0.1) is 0 Å². The van der Waals surface area contributed by atoms with Crippen LogP contribution >= 0.6 is 15.9 Å². The van der Waals surface area contributed by atoms with Crippen molar-refractivity contribution in [2.75, 3.05) is 13.2 Å². The summed E-state index contributed by atoms with van der Waals surface area (Å²) in [5.74, 6) is -1.12. The van der Waals surface area contributed by atoms with E-state index < -0.39 is 5.97 Å². The standard InChI is InChI=1S/C6H4BrF.C4H8O3/c7-5-2-1-3-6(8)4-5;1-2-7-3-4(5)6/h1-4H;2-3H2,1H3,(H,5,6). The molecule has 0 saturated heterocycles. The maximum atomic E-state index is 12.1. The molecule has 0 radical (unpaired) electrons. The molecule has 0 amide bonds. The van der Waals surface area contributed by atoms with Gasteiger partial charge < -0.3 is 9.84 Å². The average molecular weight is 279 g/mol. The van der Waals surface area contributed by atoms with E-state index in [4.69, 9.17) is 5.11 Å². The smallest absolute Gasteiger partial charge is 0.329 e. The number of halogens is 2. The molecule has 84 valence electrons. The summed E-state index contributed by atoms with van der Waals surface area (Å²) >= 11 is 3.12. The molecular weight excluding hydrogens is 267 g/mol. The van der Waals surface area contributed by atoms with Crippen molar-refractivity contribution in [3.8, 4) is 0 Å². The minimum Gasteiger partial charge on any atom is -0.480 e. The number of carboxylic acids is 1. The lowest BCUT2D eigenvalue weighted by Gasteiger charge is -1.90. The van der Waals surface area contributed by atoms with E-state index >= 15 is 0 Å². The number of hydrogen-bond donors (Lipinski definition) is 1. The van der Waals surface area contributed by atoms with Gasteiger partial charge in [0, 0.05) is 11.1 Å². The fourth-order valence-corrected chi connectivity index (χ4v) is 1.02. The van der Waals surface area contributed by atoms with E-state index in [0.717, 1.165) is 4.47 Å². The highest BCUT2D eigenvalue weighted by Gasteiger charge is 1.90. The Morgan fingerprint density at radius 2 is 2.27 bits per heavy atom. The molecule has 1 N–H and O–H groups in total. The van der Waals surface area contributed by atoms with E-state index in [2.05, 4.69) is 20.7 Å². The van der Waals surface area contributed by atoms with Crippen LogP contribution in [0.25, 0.3) is 0 Å². The van der Waals surface area contributed by atoms with Crippen molar-refractivity contribution in [3.05, 3.63) is 34.6 Å². The Morgan fingerprint density at radius 3 is 2.53 bits per heavy atom. The third-order valence-electron chi connectivity index (χ3n) is 1.22. The molecule has 1 aromatic carbocycles. The Morgan fingerprint density at radius 1 is 1.60 bits per heavy atom. The van der Waals surface area contributed by atoms with Crippen molar-refractivity contribution in [1.29, 1.82) is 0 Å². The van der Waals surface area contributed by atoms with Gasteiger partial charge in [-0.05, 0) is 25.1 Å². The molecule has 0 atom stereocenters. The SMILES string of the molecule is CCOCC(=O)O.Fc1cccc(Br)c1. The summed E-state index contributed by atoms with van der Waals surface area (Å²) in [7, 11) is 0. The predicted octanol–water partition coefficient (Wildman–Crippen LogP) is 2.70. The highest BCUT2D eigenvalue weighted by molar-refractivity contribution is 9.10. The highest BCUT2D eigenvalue weighted by atomic mass is 79.9. The van der Waals surface area contributed by atoms with E-state index in [1.807, 2.05) is 0 Å². The molecule has 5 heteroatoms. The molecule has 0 spiro atoms. The van der Waals surface area contributed by atoms with Gasteiger partial charge in [0.1, 0.15) is 12.4 Å². The largest absolute Gasteiger partial charge is 0.480 e. The van der Waals surface area contributed by atoms with Crippen molar-refractivity contribution in [2.24, 2.45) is 0 Å². The first-order chi connectivity index (χ1) is 7.06. The first kappa shape index (κ1) is 14.1. The van der Waals surface area contributed by atoms with Gasteiger partial charge in [-0.2, -0.15) is 0 Å². The third kappa shape index (κ3) is 9.37. The van der Waals surface area contributed by atoms with Gasteiger partial charge in [0.05, 0.1) is 0 Å². The summed E-state index contributed by atoms with van der Waals surface area (Å²) in [6.07, 6.45) is 0. The van der Waals surface area contributed by atoms with Gasteiger partial charge >= 0.3 is 5.97 Å². The van der Waals surface area contributed by atoms with Gasteiger partial charge in [0.2, 0.25) is 0 Å². The summed E-state index contributed by atoms with van der Waals surface area (Å²) in [5, 5.41) is 7.92. The maximum absolute atomic E-state index is 12.1. The molecule has 0 aliphatic carbocycles. The number of aliphatic carboxylic acids is 1. The summed E-state index contributed by atoms with van der Waals surface area (Å²) in [5.41, 5.74) is 0. The number of rotatable bonds is 3. The number of ether oxygens (including phenoxy) is 1. The Kier molecular flexibility index (Phi) is 7.85. The molecule has 0 bridgehead atoms. The normalized spacial score (nSPS) is 9.00. The second-order valence-corrected chi connectivity index (χ2v) is 3.39. The molecule has 0 heterocycles. The Bertz CT molecular complexity index is 287. The van der Waals surface area contributed by atoms with E-state index in [1.54, 1.807) is 19.1 Å². The van der Waals surface area contributed by atoms with Crippen LogP contribution in [0.5, 0.6) is 0 Å². The van der Waals surface area contributed by atoms with Crippen LogP contribution in [-0.4, -0.2) is 24.3 Å². The lowest BCUT2D eigenvalue weighted by Crippen LogP contribution is -2.05. The van der Waals surface area contributed by atoms with Crippen molar-refractivity contribution >= 4 is 21.9 Å². The van der Waals surface area contributed by atoms with Crippen LogP contribution < -0.4 is 0 Å². The van der Waals surface area contributed by atoms with Crippen molar-refractivity contribution in [2.45, 2.75) is 6.92 Å². The lowest BCUT2D eigenvalue weighted by atomic mass is 10.4. The van der Waals surface area contributed by atoms with Gasteiger partial charge in [0.25, 0.3) is 0 Å². The fourth-order valence-electron chi connectivity index (χ4n) is 0.649. The second kappa shape index (κ2) is 8.38. The molecule has 15 heavy (non-hydrogen) atoms. The van der Waals surface area contributed by atoms with Crippen molar-refractivity contribution in [1.82, 2.24) is 0 Å². The van der Waals surface area contributed by atoms with Gasteiger partial charge in [0.15, 0.2) is 0 Å². The van der Waals surface area contributed by atoms with E-state index in [9.17, 15) is 9.18 Å². The number of carboxylic acid groups (broad SMARTS) is 1. The summed E-state index contributed by atoms with van der Waals surface area (Å²) in [4.78, 5) is 9.63. The number of hydrogen-bond acceptors (Lipinski definition) is 2. The quantitative estimate of drug-likeness (QED) is 0.925. The molecule has 0 aliphatic heterocycles. The first-order valence-electron chi connectivity index (χ1n) is 4.27. The molecule has 1 rings (SSSR count). The molecule has 0 aliphatic rings. The van der Waals surface area contributed by atoms with Crippen molar-refractivity contribution < 1.29 is 19.0 Å². The first-order valence-corrected chi connectivity index (χ1v) is 5.06. The Labute approximate surface area is 96.0 Å². The van der Waals surface area contributed by atoms with E-state index in [-0.39, 0.29) is 12.4 Å². The molecule has 1 aromatic rings. The summed E-state index contributed by atoms with van der Waals surface area (Å²) < 4.78 is 17.4. The topological polar surface area (TPSA) is 46.5 Å². The van der Waals surface area contributed by atoms with E-state index in [0.29, 0.717) is 6.61 Å². The minimum absolute atomic E-state index is 0.184. The van der Waals surface area contributed by atoms with Crippen LogP contribution in [0.1, 0.15) is 6.92 Å². The maximum Gasteiger partial charge on any atom is 0.329 e. The van der Waals surface area contributed by atoms with Crippen LogP contribution in [0.15, 0.2) is 28.7 Å². The third-order valence-corrected chi connectivity index (χ3v) is 1.71. The van der Waals surface area contributed by atoms with Crippen LogP contribution in [0, 0.1) is 5.82 Å². The zero-order chi connectivity index (χ0) is 11.7. The second-order valence-electron chi connectivity index (χ2n) is 2.47. The predicted molar refractivity (Wildman–Crippen MR) is 58.2 cm³/mol. The fraction of sp³-hybridized carbons (Fsp3) is 0.300. The van der Waals surface area contributed by atoms with Crippen LogP contribution in [0.4, 0.5) is 4.39 Å². The number of carbonyl (C=O) groups is 1. The zero-order valence-electron chi connectivity index (χ0n) is 8.24. The van der Waals surface area contributed by atoms with Crippen LogP contribution in [-0.2, 0) is 9.53 Å². The molecule has 0 fully saturated rings. The van der Waals surface area contributed by atoms with Gasteiger partial charge in [-0.3, -0.25) is 0 Å². The zero-order valence-corrected chi connectivity index (χ0v) is 9.83. The molecule has 0 saturated carbocycles. The van der Waals surface area contributed by atoms with Gasteiger partial charge in [-0.25, -0.2) is 9.18 Å². The summed E-state index contributed by atoms with van der Waals surface area (Å²) in [6.45, 7) is 2.03. The van der Waals surface area contributed by atoms with Crippen molar-refractivity contribution in [3.63, 3.8) is 0 Å². The van der Waals surface area contributed by atoms with Crippen LogP contribution in [0.3, 0.4) is 0 Å². The molecular formula is C10H12BrFO3. The monoisotopic (exact) mass is 278 g/mol. The minimum atomic E-state index is -0.915. The molecule has 0 aromatic heterocycles. The van der Waals surface area contributed by atoms with E-state index in [1.165, 1.54) is 12.1 Å². The van der Waals surface area contributed by atoms with Crippen LogP contribution in [0.2, 0.25) is 0 Å². The Balaban J connectivity index is 0.000000265. The average Bonchev–Trinajstić information content (AvgIpc) is 2.15. The highest BCUT2D eigenvalue weighted by Crippen LogP contribution is 2.09.